The van der Waals surface area contributed by atoms with Crippen molar-refractivity contribution in [2.75, 3.05) is 0 Å². The van der Waals surface area contributed by atoms with Gasteiger partial charge in [0, 0.05) is 6.42 Å². The van der Waals surface area contributed by atoms with E-state index in [0.717, 1.165) is 25.7 Å². The Morgan fingerprint density at radius 3 is 2.50 bits per heavy atom. The molecule has 0 bridgehead atoms. The quantitative estimate of drug-likeness (QED) is 0.323. The van der Waals surface area contributed by atoms with Gasteiger partial charge in [-0.1, -0.05) is 40.5 Å². The molecule has 0 amide bonds. The SMILES string of the molecule is CCCCC(=O)C(=[N+]=[N-])[C@@]1(O)CCCC[C@@H]1O[Si](C)(C)C(C)(C)C. The number of unbranched alkanes of at least 4 members (excludes halogenated alkanes) is 1. The molecule has 0 unspecified atom stereocenters. The third-order valence-corrected chi connectivity index (χ3v) is 10.1. The summed E-state index contributed by atoms with van der Waals surface area (Å²) in [5.74, 6) is -0.271. The van der Waals surface area contributed by atoms with Gasteiger partial charge >= 0.3 is 5.71 Å². The molecule has 0 heterocycles. The Bertz CT molecular complexity index is 507. The van der Waals surface area contributed by atoms with Crippen molar-refractivity contribution in [3.8, 4) is 0 Å². The lowest BCUT2D eigenvalue weighted by molar-refractivity contribution is -0.127. The fourth-order valence-electron chi connectivity index (χ4n) is 2.92. The van der Waals surface area contributed by atoms with Crippen molar-refractivity contribution < 1.29 is 19.1 Å². The van der Waals surface area contributed by atoms with Crippen molar-refractivity contribution in [3.63, 3.8) is 0 Å². The zero-order valence-electron chi connectivity index (χ0n) is 16.2. The second-order valence-electron chi connectivity index (χ2n) is 8.51. The normalized spacial score (nSPS) is 25.2. The minimum atomic E-state index is -2.11. The van der Waals surface area contributed by atoms with Crippen LogP contribution in [0.1, 0.15) is 72.6 Å². The zero-order valence-corrected chi connectivity index (χ0v) is 17.2. The van der Waals surface area contributed by atoms with Gasteiger partial charge in [0.15, 0.2) is 13.9 Å². The van der Waals surface area contributed by atoms with Gasteiger partial charge in [0.1, 0.15) is 0 Å². The zero-order chi connectivity index (χ0) is 18.6. The second-order valence-corrected chi connectivity index (χ2v) is 13.3. The van der Waals surface area contributed by atoms with Gasteiger partial charge in [0.05, 0.1) is 6.10 Å². The highest BCUT2D eigenvalue weighted by atomic mass is 28.4. The van der Waals surface area contributed by atoms with E-state index in [4.69, 9.17) is 4.43 Å². The van der Waals surface area contributed by atoms with Crippen molar-refractivity contribution in [2.45, 2.75) is 102 Å². The van der Waals surface area contributed by atoms with Crippen LogP contribution in [0.4, 0.5) is 0 Å². The first-order chi connectivity index (χ1) is 11.0. The van der Waals surface area contributed by atoms with Crippen molar-refractivity contribution in [2.24, 2.45) is 0 Å². The van der Waals surface area contributed by atoms with Gasteiger partial charge in [-0.3, -0.25) is 4.79 Å². The third-order valence-electron chi connectivity index (χ3n) is 5.58. The van der Waals surface area contributed by atoms with Crippen LogP contribution in [0.5, 0.6) is 0 Å². The summed E-state index contributed by atoms with van der Waals surface area (Å²) in [5, 5.41) is 11.3. The molecule has 0 aromatic heterocycles. The fourth-order valence-corrected chi connectivity index (χ4v) is 4.30. The lowest BCUT2D eigenvalue weighted by Gasteiger charge is -2.44. The summed E-state index contributed by atoms with van der Waals surface area (Å²) >= 11 is 0. The maximum Gasteiger partial charge on any atom is 0.368 e. The van der Waals surface area contributed by atoms with E-state index in [-0.39, 0.29) is 16.5 Å². The lowest BCUT2D eigenvalue weighted by Crippen LogP contribution is -2.59. The van der Waals surface area contributed by atoms with Crippen LogP contribution in [-0.2, 0) is 9.22 Å². The van der Waals surface area contributed by atoms with Gasteiger partial charge < -0.3 is 15.1 Å². The summed E-state index contributed by atoms with van der Waals surface area (Å²) in [5.41, 5.74) is 7.86. The minimum Gasteiger partial charge on any atom is -0.410 e. The molecule has 6 heteroatoms. The molecule has 2 atom stereocenters. The molecule has 0 radical (unpaired) electrons. The molecule has 0 aromatic carbocycles. The Balaban J connectivity index is 3.10. The standard InChI is InChI=1S/C18H34N2O3Si/c1-7-8-11-14(21)16(20-19)18(22)13-10-9-12-15(18)23-24(5,6)17(2,3)4/h15,22H,7-13H2,1-6H3/t15-,18+/m0/s1. The second kappa shape index (κ2) is 8.04. The van der Waals surface area contributed by atoms with Crippen molar-refractivity contribution in [1.29, 1.82) is 0 Å². The summed E-state index contributed by atoms with van der Waals surface area (Å²) in [4.78, 5) is 15.7. The molecule has 1 fully saturated rings. The van der Waals surface area contributed by atoms with E-state index in [9.17, 15) is 15.4 Å². The molecular formula is C18H34N2O3Si. The average molecular weight is 355 g/mol. The highest BCUT2D eigenvalue weighted by Crippen LogP contribution is 2.41. The first kappa shape index (κ1) is 21.2. The van der Waals surface area contributed by atoms with E-state index in [1.165, 1.54) is 0 Å². The number of aliphatic hydroxyl groups is 1. The summed E-state index contributed by atoms with van der Waals surface area (Å²) in [6, 6.07) is 0. The summed E-state index contributed by atoms with van der Waals surface area (Å²) in [6.07, 6.45) is 4.26. The fraction of sp³-hybridized carbons (Fsp3) is 0.889. The molecular weight excluding hydrogens is 320 g/mol. The molecule has 0 spiro atoms. The van der Waals surface area contributed by atoms with Crippen molar-refractivity contribution in [3.05, 3.63) is 5.53 Å². The van der Waals surface area contributed by atoms with Crippen LogP contribution in [-0.4, -0.2) is 41.4 Å². The predicted molar refractivity (Wildman–Crippen MR) is 98.6 cm³/mol. The number of carbonyl (C=O) groups excluding carboxylic acids is 1. The monoisotopic (exact) mass is 354 g/mol. The van der Waals surface area contributed by atoms with Crippen LogP contribution in [0, 0.1) is 0 Å². The Hall–Kier alpha value is -0.813. The third kappa shape index (κ3) is 4.63. The minimum absolute atomic E-state index is 0.00803. The van der Waals surface area contributed by atoms with Gasteiger partial charge in [0.25, 0.3) is 0 Å². The van der Waals surface area contributed by atoms with E-state index < -0.39 is 20.0 Å². The molecule has 0 aliphatic heterocycles. The van der Waals surface area contributed by atoms with E-state index in [1.54, 1.807) is 0 Å². The van der Waals surface area contributed by atoms with E-state index in [1.807, 2.05) is 6.92 Å². The Morgan fingerprint density at radius 2 is 2.00 bits per heavy atom. The first-order valence-corrected chi connectivity index (χ1v) is 12.1. The van der Waals surface area contributed by atoms with Crippen LogP contribution in [0.2, 0.25) is 18.1 Å². The number of ketones is 1. The lowest BCUT2D eigenvalue weighted by atomic mass is 9.77. The van der Waals surface area contributed by atoms with Gasteiger partial charge in [-0.2, -0.15) is 4.79 Å². The first-order valence-electron chi connectivity index (χ1n) is 9.15. The summed E-state index contributed by atoms with van der Waals surface area (Å²) in [7, 11) is -2.11. The largest absolute Gasteiger partial charge is 0.410 e. The molecule has 138 valence electrons. The molecule has 24 heavy (non-hydrogen) atoms. The topological polar surface area (TPSA) is 82.9 Å². The van der Waals surface area contributed by atoms with E-state index in [0.29, 0.717) is 19.3 Å². The average Bonchev–Trinajstić information content (AvgIpc) is 2.47. The molecule has 1 N–H and O–H groups in total. The van der Waals surface area contributed by atoms with E-state index in [2.05, 4.69) is 38.7 Å². The molecule has 1 rings (SSSR count). The molecule has 1 aliphatic rings. The molecule has 5 nitrogen and oxygen atoms in total. The molecule has 1 saturated carbocycles. The molecule has 0 aromatic rings. The highest BCUT2D eigenvalue weighted by molar-refractivity contribution is 6.74. The maximum absolute atomic E-state index is 12.5. The van der Waals surface area contributed by atoms with Gasteiger partial charge in [-0.25, -0.2) is 0 Å². The maximum atomic E-state index is 12.5. The van der Waals surface area contributed by atoms with Crippen LogP contribution < -0.4 is 0 Å². The number of Topliss-reactive ketones (excluding diaryl/α,β-unsaturated/α-hetero) is 1. The van der Waals surface area contributed by atoms with Crippen LogP contribution in [0.15, 0.2) is 0 Å². The van der Waals surface area contributed by atoms with Crippen LogP contribution >= 0.6 is 0 Å². The van der Waals surface area contributed by atoms with Gasteiger partial charge in [-0.15, -0.1) is 0 Å². The smallest absolute Gasteiger partial charge is 0.368 e. The number of hydrogen-bond acceptors (Lipinski definition) is 3. The summed E-state index contributed by atoms with van der Waals surface area (Å²) in [6.45, 7) is 12.7. The van der Waals surface area contributed by atoms with Crippen molar-refractivity contribution in [1.82, 2.24) is 0 Å². The molecule has 1 aliphatic carbocycles. The number of carbonyl (C=O) groups is 1. The van der Waals surface area contributed by atoms with Gasteiger partial charge in [-0.05, 0) is 43.8 Å². The number of nitrogens with zero attached hydrogens (tertiary/aromatic N) is 2. The summed E-state index contributed by atoms with van der Waals surface area (Å²) < 4.78 is 6.44. The van der Waals surface area contributed by atoms with Gasteiger partial charge in [0.2, 0.25) is 5.78 Å². The number of hydrogen-bond donors (Lipinski definition) is 1. The van der Waals surface area contributed by atoms with E-state index >= 15 is 0 Å². The Kier molecular flexibility index (Phi) is 7.12. The number of rotatable bonds is 7. The Morgan fingerprint density at radius 1 is 1.38 bits per heavy atom. The van der Waals surface area contributed by atoms with Crippen LogP contribution in [0.3, 0.4) is 0 Å². The Labute approximate surface area is 147 Å². The highest BCUT2D eigenvalue weighted by Gasteiger charge is 2.54. The predicted octanol–water partition coefficient (Wildman–Crippen LogP) is 4.11. The van der Waals surface area contributed by atoms with Crippen LogP contribution in [0.25, 0.3) is 5.53 Å². The molecule has 0 saturated heterocycles. The van der Waals surface area contributed by atoms with Crippen molar-refractivity contribution >= 4 is 19.8 Å².